The number of hydrogen-bond acceptors (Lipinski definition) is 7. The maximum atomic E-state index is 13.3. The van der Waals surface area contributed by atoms with Gasteiger partial charge in [-0.2, -0.15) is 5.10 Å². The van der Waals surface area contributed by atoms with Crippen LogP contribution in [-0.4, -0.2) is 38.6 Å². The van der Waals surface area contributed by atoms with Crippen molar-refractivity contribution in [1.29, 1.82) is 0 Å². The van der Waals surface area contributed by atoms with E-state index < -0.39 is 12.5 Å². The molecule has 0 saturated carbocycles. The number of benzene rings is 3. The van der Waals surface area contributed by atoms with E-state index >= 15 is 0 Å². The summed E-state index contributed by atoms with van der Waals surface area (Å²) in [6.45, 7) is 6.12. The van der Waals surface area contributed by atoms with Crippen LogP contribution < -0.4 is 20.1 Å². The van der Waals surface area contributed by atoms with Gasteiger partial charge in [0.05, 0.1) is 16.4 Å². The zero-order valence-corrected chi connectivity index (χ0v) is 29.7. The number of nitrogens with one attached hydrogen (secondary N) is 2. The van der Waals surface area contributed by atoms with Gasteiger partial charge in [-0.05, 0) is 74.2 Å². The molecule has 0 fully saturated rings. The molecule has 0 aliphatic heterocycles. The fraction of sp³-hybridized carbons (Fsp3) is 0.278. The molecule has 1 amide bonds. The fourth-order valence-electron chi connectivity index (χ4n) is 4.68. The highest BCUT2D eigenvalue weighted by Gasteiger charge is 2.31. The van der Waals surface area contributed by atoms with E-state index in [1.807, 2.05) is 62.4 Å². The minimum absolute atomic E-state index is 0.0998. The van der Waals surface area contributed by atoms with Crippen molar-refractivity contribution >= 4 is 34.9 Å². The molecule has 5 aromatic rings. The number of carbonyl (C=O) groups excluding carboxylic acids is 1. The summed E-state index contributed by atoms with van der Waals surface area (Å²) in [4.78, 5) is 20.2. The van der Waals surface area contributed by atoms with Crippen LogP contribution in [0.2, 0.25) is 10.0 Å². The van der Waals surface area contributed by atoms with E-state index in [1.165, 1.54) is 47.8 Å². The fourth-order valence-corrected chi connectivity index (χ4v) is 5.37. The molecule has 0 aliphatic rings. The van der Waals surface area contributed by atoms with Crippen LogP contribution >= 0.6 is 23.2 Å². The van der Waals surface area contributed by atoms with Crippen molar-refractivity contribution in [2.75, 3.05) is 11.9 Å². The summed E-state index contributed by atoms with van der Waals surface area (Å²) in [5.74, 6) is 1.33. The van der Waals surface area contributed by atoms with Crippen LogP contribution in [0.1, 0.15) is 58.6 Å². The number of anilines is 1. The van der Waals surface area contributed by atoms with Gasteiger partial charge in [0.25, 0.3) is 5.91 Å². The van der Waals surface area contributed by atoms with E-state index in [-0.39, 0.29) is 22.4 Å². The van der Waals surface area contributed by atoms with Gasteiger partial charge < -0.3 is 20.1 Å². The summed E-state index contributed by atoms with van der Waals surface area (Å²) < 4.78 is 60.7. The molecule has 0 spiro atoms. The van der Waals surface area contributed by atoms with E-state index in [1.54, 1.807) is 7.05 Å². The molecule has 1 atom stereocenters. The van der Waals surface area contributed by atoms with Crippen LogP contribution in [0.15, 0.2) is 79.1 Å². The number of hydrogen-bond donors (Lipinski definition) is 2. The first-order valence-electron chi connectivity index (χ1n) is 15.8. The third kappa shape index (κ3) is 11.6. The Labute approximate surface area is 302 Å². The Kier molecular flexibility index (Phi) is 13.6. The van der Waals surface area contributed by atoms with Crippen LogP contribution in [0.5, 0.6) is 17.2 Å². The average molecular weight is 748 g/mol. The zero-order valence-electron chi connectivity index (χ0n) is 28.2. The van der Waals surface area contributed by atoms with Crippen molar-refractivity contribution in [2.24, 2.45) is 7.05 Å². The molecule has 2 heterocycles. The smallest absolute Gasteiger partial charge is 0.457 e. The first kappa shape index (κ1) is 38.9. The molecule has 2 aromatic heterocycles. The van der Waals surface area contributed by atoms with E-state index in [2.05, 4.69) is 30.4 Å². The van der Waals surface area contributed by atoms with Crippen LogP contribution in [0.3, 0.4) is 0 Å². The predicted octanol–water partition coefficient (Wildman–Crippen LogP) is 9.38. The van der Waals surface area contributed by atoms with Gasteiger partial charge in [-0.1, -0.05) is 72.1 Å². The quantitative estimate of drug-likeness (QED) is 0.123. The maximum Gasteiger partial charge on any atom is 0.573 e. The largest absolute Gasteiger partial charge is 0.573 e. The van der Waals surface area contributed by atoms with Gasteiger partial charge >= 0.3 is 6.36 Å². The minimum atomic E-state index is -4.71. The molecule has 3 aromatic carbocycles. The van der Waals surface area contributed by atoms with Gasteiger partial charge in [0, 0.05) is 20.1 Å². The van der Waals surface area contributed by atoms with Crippen molar-refractivity contribution in [2.45, 2.75) is 52.7 Å². The van der Waals surface area contributed by atoms with Crippen molar-refractivity contribution in [3.8, 4) is 17.2 Å². The van der Waals surface area contributed by atoms with Gasteiger partial charge in [0.2, 0.25) is 0 Å². The maximum absolute atomic E-state index is 13.3. The molecule has 270 valence electrons. The summed E-state index contributed by atoms with van der Waals surface area (Å²) in [6, 6.07) is 21.0. The van der Waals surface area contributed by atoms with Crippen LogP contribution in [0.4, 0.5) is 23.4 Å². The Morgan fingerprint density at radius 3 is 2.06 bits per heavy atom. The second-order valence-electron chi connectivity index (χ2n) is 11.2. The normalized spacial score (nSPS) is 11.6. The lowest BCUT2D eigenvalue weighted by molar-refractivity contribution is -0.274. The second-order valence-corrected chi connectivity index (χ2v) is 12.0. The summed E-state index contributed by atoms with van der Waals surface area (Å²) in [6.07, 6.45) is -3.63. The second kappa shape index (κ2) is 17.9. The molecular formula is C36H36Cl2F4N6O3. The van der Waals surface area contributed by atoms with Gasteiger partial charge in [-0.15, -0.1) is 13.2 Å². The van der Waals surface area contributed by atoms with Gasteiger partial charge in [-0.25, -0.2) is 14.4 Å². The number of carbonyl (C=O) groups is 1. The number of ether oxygens (including phenoxy) is 2. The minimum Gasteiger partial charge on any atom is -0.457 e. The Morgan fingerprint density at radius 1 is 0.902 bits per heavy atom. The van der Waals surface area contributed by atoms with Crippen molar-refractivity contribution in [1.82, 2.24) is 25.1 Å². The third-order valence-corrected chi connectivity index (χ3v) is 8.06. The molecule has 2 N–H and O–H groups in total. The number of rotatable bonds is 12. The molecule has 0 saturated heterocycles. The van der Waals surface area contributed by atoms with Crippen molar-refractivity contribution in [3.63, 3.8) is 0 Å². The first-order chi connectivity index (χ1) is 24.2. The monoisotopic (exact) mass is 746 g/mol. The SMILES string of the molecule is CC(F)c1ncnc(NCCc2ccc(OC(F)(F)F)cc2)c1Cl.CCc1nn(C)c(C(=O)NCc2ccc(Oc3ccc(C)cc3)cc2)c1Cl. The summed E-state index contributed by atoms with van der Waals surface area (Å²) in [5, 5.41) is 10.6. The standard InChI is InChI=1S/C21H22ClN3O2.C15H14ClF4N3O/c1-4-18-19(22)20(25(3)24-18)21(26)23-13-15-7-11-17(12-8-15)27-16-9-5-14(2)6-10-16;1-9(17)13-12(16)14(23-8-22-13)21-7-6-10-2-4-11(5-3-10)24-15(18,19)20/h5-12H,4,13H2,1-3H3,(H,23,26);2-5,8-9H,6-7H2,1H3,(H,21,22,23). The molecular weight excluding hydrogens is 711 g/mol. The predicted molar refractivity (Wildman–Crippen MR) is 188 cm³/mol. The van der Waals surface area contributed by atoms with Gasteiger partial charge in [0.15, 0.2) is 0 Å². The number of aryl methyl sites for hydroxylation is 3. The molecule has 9 nitrogen and oxygen atoms in total. The van der Waals surface area contributed by atoms with E-state index in [4.69, 9.17) is 27.9 Å². The average Bonchev–Trinajstić information content (AvgIpc) is 3.38. The Bertz CT molecular complexity index is 1890. The number of nitrogens with zero attached hydrogens (tertiary/aromatic N) is 4. The van der Waals surface area contributed by atoms with Gasteiger partial charge in [0.1, 0.15) is 46.3 Å². The number of halogens is 6. The first-order valence-corrected chi connectivity index (χ1v) is 16.6. The molecule has 0 radical (unpaired) electrons. The Morgan fingerprint density at radius 2 is 1.49 bits per heavy atom. The summed E-state index contributed by atoms with van der Waals surface area (Å²) >= 11 is 12.3. The van der Waals surface area contributed by atoms with Crippen LogP contribution in [0, 0.1) is 6.92 Å². The van der Waals surface area contributed by atoms with Gasteiger partial charge in [-0.3, -0.25) is 9.48 Å². The lowest BCUT2D eigenvalue weighted by Crippen LogP contribution is -2.25. The third-order valence-electron chi connectivity index (χ3n) is 7.29. The molecule has 51 heavy (non-hydrogen) atoms. The molecule has 15 heteroatoms. The van der Waals surface area contributed by atoms with Crippen LogP contribution in [-0.2, 0) is 26.4 Å². The van der Waals surface area contributed by atoms with Crippen molar-refractivity contribution in [3.05, 3.63) is 123 Å². The molecule has 1 unspecified atom stereocenters. The summed E-state index contributed by atoms with van der Waals surface area (Å²) in [5.41, 5.74) is 4.15. The molecule has 0 bridgehead atoms. The summed E-state index contributed by atoms with van der Waals surface area (Å²) in [7, 11) is 1.72. The molecule has 0 aliphatic carbocycles. The highest BCUT2D eigenvalue weighted by Crippen LogP contribution is 2.28. The Balaban J connectivity index is 0.000000230. The van der Waals surface area contributed by atoms with Crippen LogP contribution in [0.25, 0.3) is 0 Å². The number of aromatic nitrogens is 4. The topological polar surface area (TPSA) is 103 Å². The van der Waals surface area contributed by atoms with E-state index in [0.717, 1.165) is 28.3 Å². The van der Waals surface area contributed by atoms with Crippen molar-refractivity contribution < 1.29 is 31.8 Å². The van der Waals surface area contributed by atoms with E-state index in [9.17, 15) is 22.4 Å². The Hall–Kier alpha value is -4.88. The van der Waals surface area contributed by atoms with E-state index in [0.29, 0.717) is 42.5 Å². The number of amides is 1. The lowest BCUT2D eigenvalue weighted by Gasteiger charge is -2.11. The lowest BCUT2D eigenvalue weighted by atomic mass is 10.1. The highest BCUT2D eigenvalue weighted by atomic mass is 35.5. The number of alkyl halides is 4. The highest BCUT2D eigenvalue weighted by molar-refractivity contribution is 6.34. The zero-order chi connectivity index (χ0) is 37.1. The molecule has 5 rings (SSSR count).